The highest BCUT2D eigenvalue weighted by Crippen LogP contribution is 2.22. The summed E-state index contributed by atoms with van der Waals surface area (Å²) < 4.78 is 10.6. The minimum absolute atomic E-state index is 0.0314. The summed E-state index contributed by atoms with van der Waals surface area (Å²) in [5.74, 6) is 2.38. The number of benzene rings is 1. The lowest BCUT2D eigenvalue weighted by Gasteiger charge is -2.27. The van der Waals surface area contributed by atoms with Crippen molar-refractivity contribution in [3.63, 3.8) is 0 Å². The van der Waals surface area contributed by atoms with E-state index < -0.39 is 0 Å². The average molecular weight is 373 g/mol. The smallest absolute Gasteiger partial charge is 0.228 e. The second-order valence-corrected chi connectivity index (χ2v) is 8.46. The van der Waals surface area contributed by atoms with E-state index in [0.717, 1.165) is 17.9 Å². The lowest BCUT2D eigenvalue weighted by Crippen LogP contribution is -2.37. The number of methoxy groups -OCH3 is 1. The molecule has 0 aliphatic heterocycles. The van der Waals surface area contributed by atoms with E-state index in [9.17, 15) is 4.79 Å². The number of hydrogen-bond acceptors (Lipinski definition) is 5. The molecular weight excluding hydrogens is 342 g/mol. The molecule has 1 heterocycles. The van der Waals surface area contributed by atoms with Crippen LogP contribution in [0, 0.1) is 11.3 Å². The predicted octanol–water partition coefficient (Wildman–Crippen LogP) is 4.21. The van der Waals surface area contributed by atoms with Crippen LogP contribution in [0.15, 0.2) is 28.8 Å². The molecule has 1 amide bonds. The molecule has 0 saturated heterocycles. The number of carbonyl (C=O) groups is 1. The molecule has 1 aromatic carbocycles. The molecule has 0 bridgehead atoms. The summed E-state index contributed by atoms with van der Waals surface area (Å²) >= 11 is 0. The number of aromatic nitrogens is 2. The second kappa shape index (κ2) is 9.02. The lowest BCUT2D eigenvalue weighted by atomic mass is 9.91. The summed E-state index contributed by atoms with van der Waals surface area (Å²) in [7, 11) is 1.62. The SMILES string of the molecule is COc1cccc(-c2noc(CCN(CC(C)C)C(=O)CC(C)(C)C)n2)c1. The fourth-order valence-corrected chi connectivity index (χ4v) is 2.79. The summed E-state index contributed by atoms with van der Waals surface area (Å²) in [6, 6.07) is 7.54. The molecule has 0 aliphatic carbocycles. The Bertz CT molecular complexity index is 747. The van der Waals surface area contributed by atoms with Crippen LogP contribution in [0.25, 0.3) is 11.4 Å². The summed E-state index contributed by atoms with van der Waals surface area (Å²) in [5, 5.41) is 4.06. The second-order valence-electron chi connectivity index (χ2n) is 8.46. The monoisotopic (exact) mass is 373 g/mol. The Morgan fingerprint density at radius 3 is 2.67 bits per heavy atom. The highest BCUT2D eigenvalue weighted by molar-refractivity contribution is 5.76. The Hall–Kier alpha value is -2.37. The first-order valence-corrected chi connectivity index (χ1v) is 9.43. The summed E-state index contributed by atoms with van der Waals surface area (Å²) in [6.07, 6.45) is 1.07. The molecule has 2 rings (SSSR count). The maximum Gasteiger partial charge on any atom is 0.228 e. The number of amides is 1. The van der Waals surface area contributed by atoms with Gasteiger partial charge in [0, 0.05) is 31.5 Å². The quantitative estimate of drug-likeness (QED) is 0.693. The van der Waals surface area contributed by atoms with Crippen molar-refractivity contribution in [1.29, 1.82) is 0 Å². The Kier molecular flexibility index (Phi) is 6.99. The number of hydrogen-bond donors (Lipinski definition) is 0. The van der Waals surface area contributed by atoms with Gasteiger partial charge in [0.15, 0.2) is 0 Å². The Labute approximate surface area is 161 Å². The Morgan fingerprint density at radius 1 is 1.30 bits per heavy atom. The van der Waals surface area contributed by atoms with Crippen LogP contribution in [-0.4, -0.2) is 41.1 Å². The van der Waals surface area contributed by atoms with Gasteiger partial charge in [-0.25, -0.2) is 0 Å². The molecule has 0 spiro atoms. The number of rotatable bonds is 8. The maximum atomic E-state index is 12.7. The van der Waals surface area contributed by atoms with E-state index in [1.807, 2.05) is 29.2 Å². The molecule has 2 aromatic rings. The molecule has 6 heteroatoms. The zero-order valence-corrected chi connectivity index (χ0v) is 17.3. The van der Waals surface area contributed by atoms with Gasteiger partial charge >= 0.3 is 0 Å². The summed E-state index contributed by atoms with van der Waals surface area (Å²) in [4.78, 5) is 19.0. The molecule has 0 radical (unpaired) electrons. The van der Waals surface area contributed by atoms with Crippen LogP contribution in [0.2, 0.25) is 0 Å². The van der Waals surface area contributed by atoms with E-state index in [1.165, 1.54) is 0 Å². The predicted molar refractivity (Wildman–Crippen MR) is 105 cm³/mol. The molecule has 27 heavy (non-hydrogen) atoms. The van der Waals surface area contributed by atoms with Gasteiger partial charge in [-0.3, -0.25) is 4.79 Å². The van der Waals surface area contributed by atoms with Gasteiger partial charge in [0.05, 0.1) is 7.11 Å². The first kappa shape index (κ1) is 20.9. The molecule has 0 N–H and O–H groups in total. The van der Waals surface area contributed by atoms with E-state index in [-0.39, 0.29) is 11.3 Å². The molecule has 0 unspecified atom stereocenters. The highest BCUT2D eigenvalue weighted by atomic mass is 16.5. The van der Waals surface area contributed by atoms with Crippen molar-refractivity contribution in [3.8, 4) is 17.1 Å². The van der Waals surface area contributed by atoms with Gasteiger partial charge in [-0.1, -0.05) is 51.9 Å². The maximum absolute atomic E-state index is 12.7. The van der Waals surface area contributed by atoms with Crippen molar-refractivity contribution >= 4 is 5.91 Å². The molecule has 0 atom stereocenters. The third-order valence-electron chi connectivity index (χ3n) is 4.01. The average Bonchev–Trinajstić information content (AvgIpc) is 3.05. The number of ether oxygens (including phenoxy) is 1. The van der Waals surface area contributed by atoms with Crippen molar-refractivity contribution in [1.82, 2.24) is 15.0 Å². The largest absolute Gasteiger partial charge is 0.497 e. The van der Waals surface area contributed by atoms with Crippen LogP contribution in [0.3, 0.4) is 0 Å². The fraction of sp³-hybridized carbons (Fsp3) is 0.571. The van der Waals surface area contributed by atoms with Crippen LogP contribution in [0.4, 0.5) is 0 Å². The third kappa shape index (κ3) is 6.70. The van der Waals surface area contributed by atoms with Gasteiger partial charge in [-0.2, -0.15) is 4.98 Å². The van der Waals surface area contributed by atoms with Gasteiger partial charge in [-0.15, -0.1) is 0 Å². The van der Waals surface area contributed by atoms with Gasteiger partial charge in [0.1, 0.15) is 5.75 Å². The Morgan fingerprint density at radius 2 is 2.04 bits per heavy atom. The summed E-state index contributed by atoms with van der Waals surface area (Å²) in [6.45, 7) is 11.8. The minimum atomic E-state index is -0.0314. The van der Waals surface area contributed by atoms with Crippen molar-refractivity contribution < 1.29 is 14.1 Å². The van der Waals surface area contributed by atoms with E-state index >= 15 is 0 Å². The van der Waals surface area contributed by atoms with E-state index in [2.05, 4.69) is 44.8 Å². The van der Waals surface area contributed by atoms with Crippen LogP contribution in [0.1, 0.15) is 46.9 Å². The van der Waals surface area contributed by atoms with Crippen LogP contribution in [-0.2, 0) is 11.2 Å². The van der Waals surface area contributed by atoms with Gasteiger partial charge in [-0.05, 0) is 23.5 Å². The molecule has 0 fully saturated rings. The lowest BCUT2D eigenvalue weighted by molar-refractivity contribution is -0.133. The third-order valence-corrected chi connectivity index (χ3v) is 4.01. The zero-order chi connectivity index (χ0) is 20.0. The zero-order valence-electron chi connectivity index (χ0n) is 17.3. The van der Waals surface area contributed by atoms with Crippen molar-refractivity contribution in [2.24, 2.45) is 11.3 Å². The molecule has 0 saturated carbocycles. The molecular formula is C21H31N3O3. The van der Waals surface area contributed by atoms with Crippen molar-refractivity contribution in [2.75, 3.05) is 20.2 Å². The highest BCUT2D eigenvalue weighted by Gasteiger charge is 2.22. The van der Waals surface area contributed by atoms with Crippen LogP contribution >= 0.6 is 0 Å². The number of carbonyl (C=O) groups excluding carboxylic acids is 1. The first-order chi connectivity index (χ1) is 12.7. The van der Waals surface area contributed by atoms with E-state index in [0.29, 0.717) is 37.0 Å². The van der Waals surface area contributed by atoms with E-state index in [4.69, 9.17) is 9.26 Å². The van der Waals surface area contributed by atoms with Crippen molar-refractivity contribution in [2.45, 2.75) is 47.5 Å². The van der Waals surface area contributed by atoms with Crippen LogP contribution < -0.4 is 4.74 Å². The fourth-order valence-electron chi connectivity index (χ4n) is 2.79. The van der Waals surface area contributed by atoms with Crippen LogP contribution in [0.5, 0.6) is 5.75 Å². The Balaban J connectivity index is 2.04. The molecule has 1 aromatic heterocycles. The van der Waals surface area contributed by atoms with Gasteiger partial charge < -0.3 is 14.2 Å². The van der Waals surface area contributed by atoms with Gasteiger partial charge in [0.25, 0.3) is 0 Å². The molecule has 6 nitrogen and oxygen atoms in total. The minimum Gasteiger partial charge on any atom is -0.497 e. The van der Waals surface area contributed by atoms with Crippen molar-refractivity contribution in [3.05, 3.63) is 30.2 Å². The van der Waals surface area contributed by atoms with Gasteiger partial charge in [0.2, 0.25) is 17.6 Å². The summed E-state index contributed by atoms with van der Waals surface area (Å²) in [5.41, 5.74) is 0.809. The standard InChI is InChI=1S/C21H31N3O3/c1-15(2)14-24(19(25)13-21(3,4)5)11-10-18-22-20(23-27-18)16-8-7-9-17(12-16)26-6/h7-9,12,15H,10-11,13-14H2,1-6H3. The molecule has 0 aliphatic rings. The topological polar surface area (TPSA) is 68.5 Å². The van der Waals surface area contributed by atoms with E-state index in [1.54, 1.807) is 7.11 Å². The normalized spacial score (nSPS) is 11.7. The first-order valence-electron chi connectivity index (χ1n) is 9.43. The molecule has 148 valence electrons. The number of nitrogens with zero attached hydrogens (tertiary/aromatic N) is 3.